The van der Waals surface area contributed by atoms with Gasteiger partial charge < -0.3 is 4.98 Å². The molecule has 0 bridgehead atoms. The maximum atomic E-state index is 4.24. The van der Waals surface area contributed by atoms with Gasteiger partial charge in [-0.2, -0.15) is 0 Å². The largest absolute Gasteiger partial charge is 0.351 e. The second-order valence-electron chi connectivity index (χ2n) is 4.46. The Kier molecular flexibility index (Phi) is 3.61. The Labute approximate surface area is 86.1 Å². The number of imidazole rings is 1. The van der Waals surface area contributed by atoms with Gasteiger partial charge in [-0.05, 0) is 18.8 Å². The van der Waals surface area contributed by atoms with Gasteiger partial charge in [0, 0.05) is 6.20 Å². The van der Waals surface area contributed by atoms with Crippen LogP contribution < -0.4 is 0 Å². The Morgan fingerprint density at radius 3 is 2.86 bits per heavy atom. The number of hydrogen-bond donors (Lipinski definition) is 1. The van der Waals surface area contributed by atoms with Crippen molar-refractivity contribution in [1.82, 2.24) is 9.97 Å². The number of aryl methyl sites for hydroxylation is 1. The van der Waals surface area contributed by atoms with Crippen LogP contribution in [0.15, 0.2) is 12.5 Å². The van der Waals surface area contributed by atoms with Crippen LogP contribution in [0.3, 0.4) is 0 Å². The Bertz CT molecular complexity index is 235. The van der Waals surface area contributed by atoms with E-state index in [1.807, 2.05) is 6.20 Å². The van der Waals surface area contributed by atoms with Gasteiger partial charge in [-0.3, -0.25) is 0 Å². The van der Waals surface area contributed by atoms with Gasteiger partial charge in [0.15, 0.2) is 0 Å². The van der Waals surface area contributed by atoms with Gasteiger partial charge in [-0.1, -0.05) is 38.5 Å². The summed E-state index contributed by atoms with van der Waals surface area (Å²) in [4.78, 5) is 7.25. The van der Waals surface area contributed by atoms with Gasteiger partial charge in [0.1, 0.15) is 0 Å². The van der Waals surface area contributed by atoms with E-state index in [-0.39, 0.29) is 0 Å². The minimum atomic E-state index is 1.02. The molecule has 2 heteroatoms. The number of H-pyrrole nitrogens is 1. The van der Waals surface area contributed by atoms with Gasteiger partial charge in [0.2, 0.25) is 0 Å². The molecule has 78 valence electrons. The van der Waals surface area contributed by atoms with E-state index in [0.29, 0.717) is 0 Å². The molecule has 2 nitrogen and oxygen atoms in total. The van der Waals surface area contributed by atoms with E-state index in [1.165, 1.54) is 50.6 Å². The van der Waals surface area contributed by atoms with Crippen LogP contribution in [-0.4, -0.2) is 9.97 Å². The number of rotatable bonds is 4. The van der Waals surface area contributed by atoms with Crippen molar-refractivity contribution in [2.45, 2.75) is 51.4 Å². The van der Waals surface area contributed by atoms with Crippen LogP contribution in [0.4, 0.5) is 0 Å². The van der Waals surface area contributed by atoms with Gasteiger partial charge in [0.05, 0.1) is 12.0 Å². The first-order chi connectivity index (χ1) is 6.95. The number of nitrogens with one attached hydrogen (secondary N) is 1. The molecule has 1 aliphatic rings. The first-order valence-electron chi connectivity index (χ1n) is 5.93. The first kappa shape index (κ1) is 9.75. The molecule has 1 heterocycles. The van der Waals surface area contributed by atoms with E-state index >= 15 is 0 Å². The van der Waals surface area contributed by atoms with Crippen LogP contribution in [0.2, 0.25) is 0 Å². The molecule has 0 amide bonds. The van der Waals surface area contributed by atoms with Crippen molar-refractivity contribution < 1.29 is 0 Å². The van der Waals surface area contributed by atoms with E-state index in [0.717, 1.165) is 12.3 Å². The summed E-state index contributed by atoms with van der Waals surface area (Å²) < 4.78 is 0. The maximum absolute atomic E-state index is 4.24. The summed E-state index contributed by atoms with van der Waals surface area (Å²) >= 11 is 0. The molecule has 0 spiro atoms. The standard InChI is InChI=1S/C12H20N2/c1-2-5-11(6-3-1)7-4-8-12-9-13-10-14-12/h9-11H,1-8H2,(H,13,14). The molecule has 1 saturated carbocycles. The lowest BCUT2D eigenvalue weighted by atomic mass is 9.86. The third-order valence-electron chi connectivity index (χ3n) is 3.32. The summed E-state index contributed by atoms with van der Waals surface area (Å²) in [7, 11) is 0. The van der Waals surface area contributed by atoms with Gasteiger partial charge >= 0.3 is 0 Å². The van der Waals surface area contributed by atoms with Gasteiger partial charge in [-0.25, -0.2) is 4.98 Å². The molecule has 2 rings (SSSR count). The maximum Gasteiger partial charge on any atom is 0.0923 e. The summed E-state index contributed by atoms with van der Waals surface area (Å²) in [6, 6.07) is 0. The quantitative estimate of drug-likeness (QED) is 0.779. The zero-order valence-electron chi connectivity index (χ0n) is 8.84. The second kappa shape index (κ2) is 5.18. The van der Waals surface area contributed by atoms with E-state index in [9.17, 15) is 0 Å². The average molecular weight is 192 g/mol. The number of aromatic nitrogens is 2. The number of nitrogens with zero attached hydrogens (tertiary/aromatic N) is 1. The van der Waals surface area contributed by atoms with Crippen molar-refractivity contribution in [2.24, 2.45) is 5.92 Å². The zero-order chi connectivity index (χ0) is 9.64. The lowest BCUT2D eigenvalue weighted by Gasteiger charge is -2.20. The van der Waals surface area contributed by atoms with Crippen LogP contribution in [0.25, 0.3) is 0 Å². The van der Waals surface area contributed by atoms with E-state index < -0.39 is 0 Å². The normalized spacial score (nSPS) is 18.6. The average Bonchev–Trinajstić information content (AvgIpc) is 2.72. The summed E-state index contributed by atoms with van der Waals surface area (Å²) in [5.41, 5.74) is 1.22. The van der Waals surface area contributed by atoms with Crippen molar-refractivity contribution >= 4 is 0 Å². The SMILES string of the molecule is c1nc(CCCC2CCCCC2)c[nH]1. The molecule has 0 unspecified atom stereocenters. The van der Waals surface area contributed by atoms with Crippen LogP contribution in [0.1, 0.15) is 50.6 Å². The van der Waals surface area contributed by atoms with Crippen molar-refractivity contribution in [3.8, 4) is 0 Å². The van der Waals surface area contributed by atoms with E-state index in [2.05, 4.69) is 9.97 Å². The molecule has 1 N–H and O–H groups in total. The van der Waals surface area contributed by atoms with Crippen LogP contribution >= 0.6 is 0 Å². The van der Waals surface area contributed by atoms with Gasteiger partial charge in [0.25, 0.3) is 0 Å². The predicted molar refractivity (Wildman–Crippen MR) is 58.1 cm³/mol. The predicted octanol–water partition coefficient (Wildman–Crippen LogP) is 3.31. The summed E-state index contributed by atoms with van der Waals surface area (Å²) in [6.45, 7) is 0. The lowest BCUT2D eigenvalue weighted by Crippen LogP contribution is -2.06. The van der Waals surface area contributed by atoms with Gasteiger partial charge in [-0.15, -0.1) is 0 Å². The third kappa shape index (κ3) is 2.86. The molecule has 1 aliphatic carbocycles. The highest BCUT2D eigenvalue weighted by molar-refractivity contribution is 4.93. The van der Waals surface area contributed by atoms with Crippen LogP contribution in [0.5, 0.6) is 0 Å². The molecule has 0 aliphatic heterocycles. The molecule has 1 fully saturated rings. The summed E-state index contributed by atoms with van der Waals surface area (Å²) in [6.07, 6.45) is 15.0. The third-order valence-corrected chi connectivity index (χ3v) is 3.32. The molecule has 1 aromatic heterocycles. The van der Waals surface area contributed by atoms with Crippen molar-refractivity contribution in [3.63, 3.8) is 0 Å². The molecule has 0 radical (unpaired) electrons. The Morgan fingerprint density at radius 2 is 2.14 bits per heavy atom. The molecule has 1 aromatic rings. The topological polar surface area (TPSA) is 28.7 Å². The smallest absolute Gasteiger partial charge is 0.0923 e. The van der Waals surface area contributed by atoms with E-state index in [4.69, 9.17) is 0 Å². The Balaban J connectivity index is 1.62. The van der Waals surface area contributed by atoms with Crippen molar-refractivity contribution in [1.29, 1.82) is 0 Å². The second-order valence-corrected chi connectivity index (χ2v) is 4.46. The van der Waals surface area contributed by atoms with Crippen molar-refractivity contribution in [2.75, 3.05) is 0 Å². The van der Waals surface area contributed by atoms with Crippen LogP contribution in [0, 0.1) is 5.92 Å². The molecule has 0 atom stereocenters. The Morgan fingerprint density at radius 1 is 1.29 bits per heavy atom. The fourth-order valence-electron chi connectivity index (χ4n) is 2.48. The molecule has 0 saturated heterocycles. The highest BCUT2D eigenvalue weighted by Crippen LogP contribution is 2.27. The minimum absolute atomic E-state index is 1.02. The molecular weight excluding hydrogens is 172 g/mol. The summed E-state index contributed by atoms with van der Waals surface area (Å²) in [5.74, 6) is 1.02. The molecular formula is C12H20N2. The number of hydrogen-bond acceptors (Lipinski definition) is 1. The highest BCUT2D eigenvalue weighted by atomic mass is 14.9. The first-order valence-corrected chi connectivity index (χ1v) is 5.93. The monoisotopic (exact) mass is 192 g/mol. The molecule has 0 aromatic carbocycles. The molecule has 14 heavy (non-hydrogen) atoms. The van der Waals surface area contributed by atoms with Crippen molar-refractivity contribution in [3.05, 3.63) is 18.2 Å². The van der Waals surface area contributed by atoms with E-state index in [1.54, 1.807) is 6.33 Å². The Hall–Kier alpha value is -0.790. The fraction of sp³-hybridized carbons (Fsp3) is 0.750. The zero-order valence-corrected chi connectivity index (χ0v) is 8.84. The lowest BCUT2D eigenvalue weighted by molar-refractivity contribution is 0.332. The summed E-state index contributed by atoms with van der Waals surface area (Å²) in [5, 5.41) is 0. The number of aromatic amines is 1. The fourth-order valence-corrected chi connectivity index (χ4v) is 2.48. The highest BCUT2D eigenvalue weighted by Gasteiger charge is 2.12. The van der Waals surface area contributed by atoms with Crippen LogP contribution in [-0.2, 0) is 6.42 Å². The minimum Gasteiger partial charge on any atom is -0.351 e.